The van der Waals surface area contributed by atoms with Crippen LogP contribution in [0.3, 0.4) is 0 Å². The number of hydrogen-bond donors (Lipinski definition) is 5. The Bertz CT molecular complexity index is 1220. The normalized spacial score (nSPS) is 24.7. The number of aliphatic hydroxyl groups excluding tert-OH is 4. The molecule has 0 spiro atoms. The van der Waals surface area contributed by atoms with Crippen LogP contribution in [0.25, 0.3) is 22.3 Å². The van der Waals surface area contributed by atoms with Crippen molar-refractivity contribution < 1.29 is 48.9 Å². The topological polar surface area (TPSA) is 168 Å². The van der Waals surface area contributed by atoms with Gasteiger partial charge >= 0.3 is 0 Å². The average molecular weight is 476 g/mol. The van der Waals surface area contributed by atoms with Gasteiger partial charge in [0.2, 0.25) is 17.5 Å². The zero-order chi connectivity index (χ0) is 24.6. The Morgan fingerprint density at radius 1 is 0.941 bits per heavy atom. The summed E-state index contributed by atoms with van der Waals surface area (Å²) in [4.78, 5) is 13.4. The van der Waals surface area contributed by atoms with Crippen LogP contribution in [0.4, 0.5) is 0 Å². The Balaban J connectivity index is 1.89. The predicted molar refractivity (Wildman–Crippen MR) is 117 cm³/mol. The minimum Gasteiger partial charge on any atom is -0.507 e. The zero-order valence-corrected chi connectivity index (χ0v) is 18.2. The summed E-state index contributed by atoms with van der Waals surface area (Å²) >= 11 is 0. The standard InChI is InChI=1S/C23H24O11/c1-30-11-5-3-10(4-6-11)21-22(34-23-20(29)19(28)17(26)15(9-24)33-23)18(27)16-13(25)7-12(31-2)8-14(16)32-21/h3-8,15,17,19-20,23-26,28-29H,9H2,1-2H3/t15-,17+,19+,20-,23+/m1/s1. The van der Waals surface area contributed by atoms with Gasteiger partial charge in [-0.05, 0) is 24.3 Å². The van der Waals surface area contributed by atoms with E-state index in [-0.39, 0.29) is 22.5 Å². The molecule has 2 heterocycles. The second-order valence-electron chi connectivity index (χ2n) is 7.65. The van der Waals surface area contributed by atoms with Crippen molar-refractivity contribution in [3.8, 4) is 34.3 Å². The number of phenols is 1. The van der Waals surface area contributed by atoms with Crippen molar-refractivity contribution >= 4 is 11.0 Å². The van der Waals surface area contributed by atoms with Gasteiger partial charge in [-0.2, -0.15) is 0 Å². The van der Waals surface area contributed by atoms with Crippen LogP contribution < -0.4 is 19.6 Å². The maximum absolute atomic E-state index is 13.4. The zero-order valence-electron chi connectivity index (χ0n) is 18.2. The molecule has 1 aromatic heterocycles. The lowest BCUT2D eigenvalue weighted by Crippen LogP contribution is -2.60. The minimum absolute atomic E-state index is 0.00817. The predicted octanol–water partition coefficient (Wildman–Crippen LogP) is 0.361. The van der Waals surface area contributed by atoms with E-state index in [1.54, 1.807) is 24.3 Å². The largest absolute Gasteiger partial charge is 0.507 e. The number of ether oxygens (including phenoxy) is 4. The first-order chi connectivity index (χ1) is 16.3. The maximum atomic E-state index is 13.4. The average Bonchev–Trinajstić information content (AvgIpc) is 2.85. The highest BCUT2D eigenvalue weighted by atomic mass is 16.7. The summed E-state index contributed by atoms with van der Waals surface area (Å²) in [6, 6.07) is 9.09. The van der Waals surface area contributed by atoms with E-state index in [1.807, 2.05) is 0 Å². The van der Waals surface area contributed by atoms with Gasteiger partial charge in [-0.1, -0.05) is 0 Å². The van der Waals surface area contributed by atoms with E-state index in [4.69, 9.17) is 23.4 Å². The molecule has 3 aromatic rings. The van der Waals surface area contributed by atoms with Crippen LogP contribution in [0.1, 0.15) is 0 Å². The third-order valence-electron chi connectivity index (χ3n) is 5.58. The van der Waals surface area contributed by atoms with Gasteiger partial charge in [0.15, 0.2) is 5.76 Å². The number of hydrogen-bond acceptors (Lipinski definition) is 11. The summed E-state index contributed by atoms with van der Waals surface area (Å²) in [5.74, 6) is -0.130. The fourth-order valence-electron chi connectivity index (χ4n) is 3.70. The van der Waals surface area contributed by atoms with Gasteiger partial charge in [0, 0.05) is 17.7 Å². The molecule has 0 bridgehead atoms. The van der Waals surface area contributed by atoms with E-state index in [2.05, 4.69) is 0 Å². The minimum atomic E-state index is -1.76. The van der Waals surface area contributed by atoms with Gasteiger partial charge in [0.1, 0.15) is 52.6 Å². The van der Waals surface area contributed by atoms with Crippen molar-refractivity contribution in [2.75, 3.05) is 20.8 Å². The molecule has 2 aromatic carbocycles. The van der Waals surface area contributed by atoms with Crippen LogP contribution in [-0.4, -0.2) is 77.1 Å². The van der Waals surface area contributed by atoms with E-state index in [0.29, 0.717) is 11.3 Å². The van der Waals surface area contributed by atoms with Crippen molar-refractivity contribution in [3.63, 3.8) is 0 Å². The van der Waals surface area contributed by atoms with Gasteiger partial charge in [-0.3, -0.25) is 4.79 Å². The molecule has 0 radical (unpaired) electrons. The highest BCUT2D eigenvalue weighted by Crippen LogP contribution is 2.37. The van der Waals surface area contributed by atoms with E-state index >= 15 is 0 Å². The summed E-state index contributed by atoms with van der Waals surface area (Å²) in [6.07, 6.45) is -7.98. The Hall–Kier alpha value is -3.35. The Morgan fingerprint density at radius 2 is 1.62 bits per heavy atom. The number of fused-ring (bicyclic) bond motifs is 1. The maximum Gasteiger partial charge on any atom is 0.239 e. The summed E-state index contributed by atoms with van der Waals surface area (Å²) in [7, 11) is 2.88. The molecular weight excluding hydrogens is 452 g/mol. The number of methoxy groups -OCH3 is 2. The molecule has 1 aliphatic rings. The number of rotatable bonds is 6. The van der Waals surface area contributed by atoms with Gasteiger partial charge in [0.25, 0.3) is 0 Å². The fourth-order valence-corrected chi connectivity index (χ4v) is 3.70. The second-order valence-corrected chi connectivity index (χ2v) is 7.65. The Kier molecular flexibility index (Phi) is 6.64. The molecule has 4 rings (SSSR count). The molecule has 0 saturated carbocycles. The van der Waals surface area contributed by atoms with Crippen LogP contribution in [0.2, 0.25) is 0 Å². The number of benzene rings is 2. The molecule has 5 N–H and O–H groups in total. The lowest BCUT2D eigenvalue weighted by atomic mass is 9.99. The first-order valence-corrected chi connectivity index (χ1v) is 10.3. The molecule has 1 aliphatic heterocycles. The number of phenolic OH excluding ortho intramolecular Hbond substituents is 1. The summed E-state index contributed by atoms with van der Waals surface area (Å²) in [5, 5.41) is 50.2. The molecule has 182 valence electrons. The van der Waals surface area contributed by atoms with Gasteiger partial charge in [-0.25, -0.2) is 0 Å². The SMILES string of the molecule is COc1ccc(-c2oc3cc(OC)cc(O)c3c(=O)c2O[C@@H]2O[C@H](CO)[C@H](O)[C@H](O)[C@H]2O)cc1. The quantitative estimate of drug-likeness (QED) is 0.333. The molecule has 11 heteroatoms. The number of aliphatic hydroxyl groups is 4. The molecule has 0 unspecified atom stereocenters. The van der Waals surface area contributed by atoms with Crippen LogP contribution in [-0.2, 0) is 4.74 Å². The van der Waals surface area contributed by atoms with Crippen molar-refractivity contribution in [1.82, 2.24) is 0 Å². The van der Waals surface area contributed by atoms with Crippen molar-refractivity contribution in [2.45, 2.75) is 30.7 Å². The lowest BCUT2D eigenvalue weighted by Gasteiger charge is -2.39. The van der Waals surface area contributed by atoms with E-state index in [9.17, 15) is 30.3 Å². The smallest absolute Gasteiger partial charge is 0.239 e. The van der Waals surface area contributed by atoms with Crippen molar-refractivity contribution in [1.29, 1.82) is 0 Å². The van der Waals surface area contributed by atoms with Crippen LogP contribution >= 0.6 is 0 Å². The molecule has 0 aliphatic carbocycles. The van der Waals surface area contributed by atoms with Gasteiger partial charge < -0.3 is 48.9 Å². The van der Waals surface area contributed by atoms with Crippen LogP contribution in [0, 0.1) is 0 Å². The van der Waals surface area contributed by atoms with E-state index < -0.39 is 54.2 Å². The highest BCUT2D eigenvalue weighted by Gasteiger charge is 2.45. The monoisotopic (exact) mass is 476 g/mol. The van der Waals surface area contributed by atoms with Crippen LogP contribution in [0.5, 0.6) is 23.0 Å². The van der Waals surface area contributed by atoms with E-state index in [1.165, 1.54) is 26.4 Å². The highest BCUT2D eigenvalue weighted by molar-refractivity contribution is 5.88. The molecule has 1 fully saturated rings. The number of aromatic hydroxyl groups is 1. The van der Waals surface area contributed by atoms with Gasteiger partial charge in [0.05, 0.1) is 20.8 Å². The molecule has 0 amide bonds. The molecule has 11 nitrogen and oxygen atoms in total. The van der Waals surface area contributed by atoms with E-state index in [0.717, 1.165) is 0 Å². The third kappa shape index (κ3) is 4.15. The Morgan fingerprint density at radius 3 is 2.24 bits per heavy atom. The van der Waals surface area contributed by atoms with Crippen molar-refractivity contribution in [2.24, 2.45) is 0 Å². The second kappa shape index (κ2) is 9.49. The lowest BCUT2D eigenvalue weighted by molar-refractivity contribution is -0.277. The van der Waals surface area contributed by atoms with Crippen LogP contribution in [0.15, 0.2) is 45.6 Å². The fraction of sp³-hybridized carbons (Fsp3) is 0.348. The Labute approximate surface area is 192 Å². The first-order valence-electron chi connectivity index (χ1n) is 10.3. The first kappa shape index (κ1) is 23.8. The molecule has 5 atom stereocenters. The summed E-state index contributed by atoms with van der Waals surface area (Å²) < 4.78 is 27.3. The molecule has 1 saturated heterocycles. The van der Waals surface area contributed by atoms with Crippen molar-refractivity contribution in [3.05, 3.63) is 46.6 Å². The summed E-state index contributed by atoms with van der Waals surface area (Å²) in [6.45, 7) is -0.678. The van der Waals surface area contributed by atoms with Gasteiger partial charge in [-0.15, -0.1) is 0 Å². The molecule has 34 heavy (non-hydrogen) atoms. The third-order valence-corrected chi connectivity index (χ3v) is 5.58. The summed E-state index contributed by atoms with van der Waals surface area (Å²) in [5.41, 5.74) is -0.389. The molecular formula is C23H24O11.